The second-order valence-corrected chi connectivity index (χ2v) is 5.06. The Hall–Kier alpha value is -1.35. The zero-order valence-electron chi connectivity index (χ0n) is 10.6. The summed E-state index contributed by atoms with van der Waals surface area (Å²) in [5.74, 6) is 2.01. The quantitative estimate of drug-likeness (QED) is 0.750. The highest BCUT2D eigenvalue weighted by Gasteiger charge is 2.01. The smallest absolute Gasteiger partial charge is 0.119 e. The fraction of sp³-hybridized carbons (Fsp3) is 0.357. The highest BCUT2D eigenvalue weighted by Crippen LogP contribution is 2.21. The number of nitrogens with zero attached hydrogens (tertiary/aromatic N) is 1. The monoisotopic (exact) mass is 248 g/mol. The molecule has 0 spiro atoms. The van der Waals surface area contributed by atoms with Crippen LogP contribution in [-0.4, -0.2) is 17.4 Å². The van der Waals surface area contributed by atoms with E-state index >= 15 is 0 Å². The van der Waals surface area contributed by atoms with Crippen LogP contribution in [0.15, 0.2) is 30.3 Å². The van der Waals surface area contributed by atoms with Crippen LogP contribution in [-0.2, 0) is 6.54 Å². The Balaban J connectivity index is 2.74. The molecular formula is C14H18NOS. The minimum Gasteiger partial charge on any atom is -0.497 e. The summed E-state index contributed by atoms with van der Waals surface area (Å²) >= 11 is 1.88. The maximum Gasteiger partial charge on any atom is 0.119 e. The van der Waals surface area contributed by atoms with Crippen LogP contribution in [0, 0.1) is 4.64 Å². The first-order valence-electron chi connectivity index (χ1n) is 5.93. The lowest BCUT2D eigenvalue weighted by Gasteiger charge is -2.11. The molecule has 0 fully saturated rings. The Labute approximate surface area is 106 Å². The average Bonchev–Trinajstić information content (AvgIpc) is 2.38. The second kappa shape index (κ2) is 5.32. The van der Waals surface area contributed by atoms with E-state index in [-0.39, 0.29) is 0 Å². The van der Waals surface area contributed by atoms with Crippen molar-refractivity contribution in [2.75, 3.05) is 12.9 Å². The highest BCUT2D eigenvalue weighted by molar-refractivity contribution is 7.91. The number of benzene rings is 1. The van der Waals surface area contributed by atoms with E-state index in [2.05, 4.69) is 42.7 Å². The molecule has 0 saturated carbocycles. The molecule has 0 saturated heterocycles. The topological polar surface area (TPSA) is 14.2 Å². The molecule has 0 aliphatic heterocycles. The maximum atomic E-state index is 5.26. The van der Waals surface area contributed by atoms with Crippen LogP contribution in [0.3, 0.4) is 0 Å². The van der Waals surface area contributed by atoms with Crippen molar-refractivity contribution in [3.63, 3.8) is 0 Å². The zero-order valence-corrected chi connectivity index (χ0v) is 11.4. The predicted molar refractivity (Wildman–Crippen MR) is 75.5 cm³/mol. The van der Waals surface area contributed by atoms with Crippen molar-refractivity contribution in [3.05, 3.63) is 35.0 Å². The van der Waals surface area contributed by atoms with Gasteiger partial charge < -0.3 is 9.30 Å². The molecule has 0 aliphatic rings. The van der Waals surface area contributed by atoms with E-state index in [0.29, 0.717) is 0 Å². The molecule has 1 radical (unpaired) electrons. The lowest BCUT2D eigenvalue weighted by molar-refractivity contribution is 0.415. The minimum atomic E-state index is 0.913. The van der Waals surface area contributed by atoms with Crippen molar-refractivity contribution in [2.24, 2.45) is 0 Å². The van der Waals surface area contributed by atoms with E-state index in [1.54, 1.807) is 7.11 Å². The van der Waals surface area contributed by atoms with Gasteiger partial charge in [-0.05, 0) is 37.3 Å². The molecule has 0 amide bonds. The minimum absolute atomic E-state index is 0.913. The van der Waals surface area contributed by atoms with Gasteiger partial charge in [0.25, 0.3) is 0 Å². The molecular weight excluding hydrogens is 230 g/mol. The Morgan fingerprint density at radius 3 is 2.65 bits per heavy atom. The average molecular weight is 248 g/mol. The number of hydrogen-bond acceptors (Lipinski definition) is 1. The van der Waals surface area contributed by atoms with Crippen LogP contribution in [0.4, 0.5) is 0 Å². The van der Waals surface area contributed by atoms with Gasteiger partial charge in [0.2, 0.25) is 0 Å². The number of aromatic nitrogens is 1. The molecule has 0 aliphatic carbocycles. The second-order valence-electron chi connectivity index (χ2n) is 3.77. The standard InChI is InChI=1S/C14H18NOS/c1-4-15-13-8-7-12(16-3)10-11(13)6-9-14(15)17-5-2/h6-10H,4-5H2,1-3H3. The predicted octanol–water partition coefficient (Wildman–Crippen LogP) is 3.95. The number of aryl methyl sites for hydroxylation is 1. The van der Waals surface area contributed by atoms with E-state index in [4.69, 9.17) is 4.74 Å². The summed E-state index contributed by atoms with van der Waals surface area (Å²) in [4.78, 5) is 0. The van der Waals surface area contributed by atoms with E-state index < -0.39 is 0 Å². The van der Waals surface area contributed by atoms with Crippen molar-refractivity contribution < 1.29 is 4.74 Å². The summed E-state index contributed by atoms with van der Waals surface area (Å²) in [5.41, 5.74) is 1.27. The van der Waals surface area contributed by atoms with Gasteiger partial charge in [0, 0.05) is 23.2 Å². The molecule has 91 valence electrons. The van der Waals surface area contributed by atoms with Crippen LogP contribution in [0.25, 0.3) is 10.9 Å². The van der Waals surface area contributed by atoms with Crippen molar-refractivity contribution in [3.8, 4) is 5.75 Å². The molecule has 1 aromatic carbocycles. The van der Waals surface area contributed by atoms with Gasteiger partial charge in [0.15, 0.2) is 0 Å². The van der Waals surface area contributed by atoms with Crippen LogP contribution >= 0.6 is 11.4 Å². The number of fused-ring (bicyclic) bond motifs is 1. The summed E-state index contributed by atoms with van der Waals surface area (Å²) in [6.07, 6.45) is 0. The summed E-state index contributed by atoms with van der Waals surface area (Å²) < 4.78 is 8.94. The lowest BCUT2D eigenvalue weighted by atomic mass is 10.2. The first kappa shape index (κ1) is 12.1. The van der Waals surface area contributed by atoms with Crippen molar-refractivity contribution in [1.29, 1.82) is 0 Å². The first-order valence-corrected chi connectivity index (χ1v) is 6.92. The zero-order chi connectivity index (χ0) is 12.3. The van der Waals surface area contributed by atoms with Crippen molar-refractivity contribution in [1.82, 2.24) is 4.57 Å². The molecule has 2 nitrogen and oxygen atoms in total. The number of pyridine rings is 1. The molecule has 1 heterocycles. The molecule has 17 heavy (non-hydrogen) atoms. The fourth-order valence-corrected chi connectivity index (χ4v) is 2.85. The fourth-order valence-electron chi connectivity index (χ4n) is 2.01. The highest BCUT2D eigenvalue weighted by atomic mass is 32.1. The Kier molecular flexibility index (Phi) is 3.79. The van der Waals surface area contributed by atoms with Gasteiger partial charge in [0.1, 0.15) is 5.75 Å². The Bertz CT molecular complexity index is 586. The Morgan fingerprint density at radius 1 is 1.18 bits per heavy atom. The Morgan fingerprint density at radius 2 is 2.00 bits per heavy atom. The molecule has 0 bridgehead atoms. The maximum absolute atomic E-state index is 5.26. The van der Waals surface area contributed by atoms with Gasteiger partial charge in [-0.25, -0.2) is 0 Å². The summed E-state index contributed by atoms with van der Waals surface area (Å²) in [5, 5.41) is 1.23. The third-order valence-corrected chi connectivity index (χ3v) is 3.75. The summed E-state index contributed by atoms with van der Waals surface area (Å²) in [6, 6.07) is 10.6. The largest absolute Gasteiger partial charge is 0.497 e. The number of methoxy groups -OCH3 is 1. The SMILES string of the molecule is CC[S]=c1ccc2cc(OC)ccc2n1CC. The number of ether oxygens (including phenoxy) is 1. The van der Waals surface area contributed by atoms with Gasteiger partial charge in [0.05, 0.1) is 11.8 Å². The number of hydrogen-bond donors (Lipinski definition) is 0. The molecule has 0 atom stereocenters. The van der Waals surface area contributed by atoms with E-state index in [0.717, 1.165) is 18.0 Å². The number of rotatable bonds is 3. The van der Waals surface area contributed by atoms with Gasteiger partial charge in [-0.2, -0.15) is 11.4 Å². The van der Waals surface area contributed by atoms with E-state index in [1.807, 2.05) is 17.4 Å². The third-order valence-electron chi connectivity index (χ3n) is 2.81. The van der Waals surface area contributed by atoms with E-state index in [1.165, 1.54) is 15.5 Å². The van der Waals surface area contributed by atoms with Gasteiger partial charge >= 0.3 is 0 Å². The molecule has 0 N–H and O–H groups in total. The van der Waals surface area contributed by atoms with Gasteiger partial charge in [-0.3, -0.25) is 0 Å². The van der Waals surface area contributed by atoms with Crippen LogP contribution < -0.4 is 4.74 Å². The molecule has 1 aromatic heterocycles. The molecule has 2 aromatic rings. The van der Waals surface area contributed by atoms with Gasteiger partial charge in [-0.15, -0.1) is 0 Å². The van der Waals surface area contributed by atoms with Gasteiger partial charge in [-0.1, -0.05) is 6.92 Å². The molecule has 3 heteroatoms. The first-order chi connectivity index (χ1) is 8.30. The van der Waals surface area contributed by atoms with Crippen molar-refractivity contribution in [2.45, 2.75) is 20.4 Å². The lowest BCUT2D eigenvalue weighted by Crippen LogP contribution is -1.99. The normalized spacial score (nSPS) is 12.1. The van der Waals surface area contributed by atoms with Crippen LogP contribution in [0.1, 0.15) is 13.8 Å². The summed E-state index contributed by atoms with van der Waals surface area (Å²) in [7, 11) is 1.70. The van der Waals surface area contributed by atoms with Crippen LogP contribution in [0.5, 0.6) is 5.75 Å². The third kappa shape index (κ3) is 2.34. The summed E-state index contributed by atoms with van der Waals surface area (Å²) in [6.45, 7) is 5.36. The molecule has 2 rings (SSSR count). The van der Waals surface area contributed by atoms with Crippen LogP contribution in [0.2, 0.25) is 0 Å². The molecule has 0 unspecified atom stereocenters. The van der Waals surface area contributed by atoms with E-state index in [9.17, 15) is 0 Å². The van der Waals surface area contributed by atoms with Crippen molar-refractivity contribution >= 4 is 22.3 Å².